The number of allylic oxidation sites excluding steroid dienone is 1. The fourth-order valence-electron chi connectivity index (χ4n) is 1.28. The van der Waals surface area contributed by atoms with Crippen molar-refractivity contribution in [3.05, 3.63) is 28.6 Å². The molecular weight excluding hydrogens is 188 g/mol. The molecule has 0 unspecified atom stereocenters. The molecule has 0 saturated heterocycles. The number of halogens is 1. The zero-order chi connectivity index (χ0) is 9.84. The monoisotopic (exact) mass is 200 g/mol. The van der Waals surface area contributed by atoms with E-state index in [0.717, 1.165) is 17.0 Å². The van der Waals surface area contributed by atoms with Crippen LogP contribution in [0.15, 0.2) is 11.6 Å². The molecule has 1 N–H and O–H groups in total. The third-order valence-corrected chi connectivity index (χ3v) is 2.24. The van der Waals surface area contributed by atoms with Crippen molar-refractivity contribution in [2.45, 2.75) is 27.0 Å². The number of hydrogen-bond donors (Lipinski definition) is 1. The molecule has 1 aromatic heterocycles. The molecule has 0 aliphatic heterocycles. The lowest BCUT2D eigenvalue weighted by Gasteiger charge is -1.99. The van der Waals surface area contributed by atoms with Crippen molar-refractivity contribution in [2.75, 3.05) is 0 Å². The average Bonchev–Trinajstić information content (AvgIpc) is 2.38. The first-order chi connectivity index (χ1) is 6.20. The Bertz CT molecular complexity index is 318. The second kappa shape index (κ2) is 4.44. The SMILES string of the molecule is Cc1nn(C/C=C/Cl)c(C)c1CO. The summed E-state index contributed by atoms with van der Waals surface area (Å²) in [6.45, 7) is 4.52. The molecule has 1 aromatic rings. The average molecular weight is 201 g/mol. The first-order valence-electron chi connectivity index (χ1n) is 4.09. The number of aliphatic hydroxyl groups excluding tert-OH is 1. The maximum absolute atomic E-state index is 9.04. The Morgan fingerprint density at radius 1 is 1.54 bits per heavy atom. The zero-order valence-electron chi connectivity index (χ0n) is 7.79. The molecule has 13 heavy (non-hydrogen) atoms. The van der Waals surface area contributed by atoms with Crippen LogP contribution in [0.1, 0.15) is 17.0 Å². The molecule has 1 rings (SSSR count). The fourth-order valence-corrected chi connectivity index (χ4v) is 1.36. The first kappa shape index (κ1) is 10.3. The van der Waals surface area contributed by atoms with Crippen molar-refractivity contribution in [1.29, 1.82) is 0 Å². The summed E-state index contributed by atoms with van der Waals surface area (Å²) in [4.78, 5) is 0. The summed E-state index contributed by atoms with van der Waals surface area (Å²) in [6.07, 6.45) is 1.81. The van der Waals surface area contributed by atoms with E-state index >= 15 is 0 Å². The largest absolute Gasteiger partial charge is 0.392 e. The zero-order valence-corrected chi connectivity index (χ0v) is 8.54. The quantitative estimate of drug-likeness (QED) is 0.808. The lowest BCUT2D eigenvalue weighted by atomic mass is 10.2. The van der Waals surface area contributed by atoms with E-state index in [2.05, 4.69) is 5.10 Å². The molecule has 1 heterocycles. The van der Waals surface area contributed by atoms with Gasteiger partial charge in [-0.1, -0.05) is 17.7 Å². The second-order valence-corrected chi connectivity index (χ2v) is 3.10. The van der Waals surface area contributed by atoms with Crippen LogP contribution in [0, 0.1) is 13.8 Å². The van der Waals surface area contributed by atoms with Crippen LogP contribution >= 0.6 is 11.6 Å². The van der Waals surface area contributed by atoms with Gasteiger partial charge in [0.05, 0.1) is 18.8 Å². The molecule has 0 radical (unpaired) electrons. The van der Waals surface area contributed by atoms with Gasteiger partial charge in [-0.3, -0.25) is 4.68 Å². The van der Waals surface area contributed by atoms with Gasteiger partial charge in [0.15, 0.2) is 0 Å². The predicted molar refractivity (Wildman–Crippen MR) is 52.6 cm³/mol. The molecule has 0 aromatic carbocycles. The summed E-state index contributed by atoms with van der Waals surface area (Å²) in [5.41, 5.74) is 4.25. The molecule has 72 valence electrons. The van der Waals surface area contributed by atoms with E-state index < -0.39 is 0 Å². The lowest BCUT2D eigenvalue weighted by molar-refractivity contribution is 0.280. The molecular formula is C9H13ClN2O. The van der Waals surface area contributed by atoms with Crippen LogP contribution in [0.5, 0.6) is 0 Å². The van der Waals surface area contributed by atoms with Crippen LogP contribution in [-0.4, -0.2) is 14.9 Å². The lowest BCUT2D eigenvalue weighted by Crippen LogP contribution is -2.00. The molecule has 0 amide bonds. The molecule has 0 aliphatic carbocycles. The maximum atomic E-state index is 9.04. The van der Waals surface area contributed by atoms with Crippen LogP contribution in [0.4, 0.5) is 0 Å². The third kappa shape index (κ3) is 2.11. The van der Waals surface area contributed by atoms with E-state index in [4.69, 9.17) is 16.7 Å². The fraction of sp³-hybridized carbons (Fsp3) is 0.444. The summed E-state index contributed by atoms with van der Waals surface area (Å²) in [7, 11) is 0. The molecule has 0 spiro atoms. The van der Waals surface area contributed by atoms with Gasteiger partial charge in [-0.15, -0.1) is 0 Å². The number of aryl methyl sites for hydroxylation is 1. The highest BCUT2D eigenvalue weighted by Crippen LogP contribution is 2.12. The van der Waals surface area contributed by atoms with E-state index in [0.29, 0.717) is 6.54 Å². The van der Waals surface area contributed by atoms with Crippen LogP contribution in [0.25, 0.3) is 0 Å². The highest BCUT2D eigenvalue weighted by atomic mass is 35.5. The number of hydrogen-bond acceptors (Lipinski definition) is 2. The Balaban J connectivity index is 2.96. The van der Waals surface area contributed by atoms with E-state index in [1.807, 2.05) is 24.6 Å². The van der Waals surface area contributed by atoms with E-state index in [1.165, 1.54) is 5.54 Å². The summed E-state index contributed by atoms with van der Waals surface area (Å²) >= 11 is 5.41. The van der Waals surface area contributed by atoms with Gasteiger partial charge < -0.3 is 5.11 Å². The predicted octanol–water partition coefficient (Wildman–Crippen LogP) is 1.74. The highest BCUT2D eigenvalue weighted by molar-refractivity contribution is 6.25. The number of aromatic nitrogens is 2. The third-order valence-electron chi connectivity index (χ3n) is 2.06. The van der Waals surface area contributed by atoms with Gasteiger partial charge in [0, 0.05) is 16.8 Å². The topological polar surface area (TPSA) is 38.0 Å². The Labute approximate surface area is 82.6 Å². The summed E-state index contributed by atoms with van der Waals surface area (Å²) in [6, 6.07) is 0. The van der Waals surface area contributed by atoms with E-state index in [-0.39, 0.29) is 6.61 Å². The van der Waals surface area contributed by atoms with E-state index in [9.17, 15) is 0 Å². The minimum atomic E-state index is 0.0439. The smallest absolute Gasteiger partial charge is 0.0718 e. The van der Waals surface area contributed by atoms with Crippen molar-refractivity contribution in [1.82, 2.24) is 9.78 Å². The van der Waals surface area contributed by atoms with Gasteiger partial charge in [-0.2, -0.15) is 5.10 Å². The van der Waals surface area contributed by atoms with Gasteiger partial charge in [0.25, 0.3) is 0 Å². The normalized spacial score (nSPS) is 11.4. The Morgan fingerprint density at radius 2 is 2.23 bits per heavy atom. The van der Waals surface area contributed by atoms with Crippen molar-refractivity contribution in [3.8, 4) is 0 Å². The molecule has 4 heteroatoms. The number of rotatable bonds is 3. The summed E-state index contributed by atoms with van der Waals surface area (Å²) in [5, 5.41) is 13.3. The minimum Gasteiger partial charge on any atom is -0.392 e. The molecule has 0 aliphatic rings. The second-order valence-electron chi connectivity index (χ2n) is 2.85. The number of nitrogens with zero attached hydrogens (tertiary/aromatic N) is 2. The molecule has 0 saturated carbocycles. The molecule has 0 atom stereocenters. The van der Waals surface area contributed by atoms with E-state index in [1.54, 1.807) is 0 Å². The van der Waals surface area contributed by atoms with Crippen molar-refractivity contribution >= 4 is 11.6 Å². The summed E-state index contributed by atoms with van der Waals surface area (Å²) in [5.74, 6) is 0. The Kier molecular flexibility index (Phi) is 3.51. The van der Waals surface area contributed by atoms with Gasteiger partial charge in [0.2, 0.25) is 0 Å². The van der Waals surface area contributed by atoms with Crippen LogP contribution in [0.3, 0.4) is 0 Å². The maximum Gasteiger partial charge on any atom is 0.0718 e. The number of aliphatic hydroxyl groups is 1. The Morgan fingerprint density at radius 3 is 2.69 bits per heavy atom. The van der Waals surface area contributed by atoms with Crippen LogP contribution in [0.2, 0.25) is 0 Å². The standard InChI is InChI=1S/C9H13ClN2O/c1-7-9(6-13)8(2)12(11-7)5-3-4-10/h3-4,13H,5-6H2,1-2H3/b4-3+. The van der Waals surface area contributed by atoms with Gasteiger partial charge >= 0.3 is 0 Å². The summed E-state index contributed by atoms with van der Waals surface area (Å²) < 4.78 is 1.82. The van der Waals surface area contributed by atoms with Crippen LogP contribution in [-0.2, 0) is 13.2 Å². The van der Waals surface area contributed by atoms with Crippen molar-refractivity contribution in [3.63, 3.8) is 0 Å². The minimum absolute atomic E-state index is 0.0439. The van der Waals surface area contributed by atoms with Gasteiger partial charge in [-0.25, -0.2) is 0 Å². The Hall–Kier alpha value is -0.800. The van der Waals surface area contributed by atoms with Crippen LogP contribution < -0.4 is 0 Å². The molecule has 0 fully saturated rings. The van der Waals surface area contributed by atoms with Crippen molar-refractivity contribution in [2.24, 2.45) is 0 Å². The highest BCUT2D eigenvalue weighted by Gasteiger charge is 2.08. The molecule has 0 bridgehead atoms. The van der Waals surface area contributed by atoms with Gasteiger partial charge in [0.1, 0.15) is 0 Å². The van der Waals surface area contributed by atoms with Gasteiger partial charge in [-0.05, 0) is 13.8 Å². The molecule has 3 nitrogen and oxygen atoms in total. The first-order valence-corrected chi connectivity index (χ1v) is 4.53. The van der Waals surface area contributed by atoms with Crippen molar-refractivity contribution < 1.29 is 5.11 Å².